The SMILES string of the molecule is CCOC(=O)C1CCc2sc(NCC(C)(C)C(N)=O)nc21. The van der Waals surface area contributed by atoms with Crippen molar-refractivity contribution in [2.75, 3.05) is 18.5 Å². The van der Waals surface area contributed by atoms with Gasteiger partial charge in [0.05, 0.1) is 17.7 Å². The lowest BCUT2D eigenvalue weighted by Gasteiger charge is -2.20. The number of rotatable bonds is 6. The van der Waals surface area contributed by atoms with Crippen LogP contribution in [0.1, 0.15) is 43.7 Å². The molecule has 1 aromatic rings. The molecule has 0 fully saturated rings. The van der Waals surface area contributed by atoms with Crippen molar-refractivity contribution in [2.24, 2.45) is 11.1 Å². The highest BCUT2D eigenvalue weighted by molar-refractivity contribution is 7.15. The molecule has 2 rings (SSSR count). The number of hydrogen-bond acceptors (Lipinski definition) is 6. The summed E-state index contributed by atoms with van der Waals surface area (Å²) in [6.07, 6.45) is 1.61. The van der Waals surface area contributed by atoms with Crippen molar-refractivity contribution in [3.8, 4) is 0 Å². The molecule has 0 spiro atoms. The molecule has 21 heavy (non-hydrogen) atoms. The highest BCUT2D eigenvalue weighted by atomic mass is 32.1. The lowest BCUT2D eigenvalue weighted by molar-refractivity contribution is -0.145. The summed E-state index contributed by atoms with van der Waals surface area (Å²) in [4.78, 5) is 28.8. The first-order valence-corrected chi connectivity index (χ1v) is 7.87. The lowest BCUT2D eigenvalue weighted by Crippen LogP contribution is -2.37. The molecule has 116 valence electrons. The lowest BCUT2D eigenvalue weighted by atomic mass is 9.93. The van der Waals surface area contributed by atoms with Gasteiger partial charge in [0.2, 0.25) is 5.91 Å². The van der Waals surface area contributed by atoms with E-state index in [-0.39, 0.29) is 17.8 Å². The van der Waals surface area contributed by atoms with Gasteiger partial charge in [-0.15, -0.1) is 11.3 Å². The minimum Gasteiger partial charge on any atom is -0.465 e. The van der Waals surface area contributed by atoms with Crippen molar-refractivity contribution in [3.63, 3.8) is 0 Å². The van der Waals surface area contributed by atoms with Gasteiger partial charge in [0.25, 0.3) is 0 Å². The zero-order valence-electron chi connectivity index (χ0n) is 12.6. The number of nitrogens with two attached hydrogens (primary N) is 1. The van der Waals surface area contributed by atoms with Gasteiger partial charge in [-0.2, -0.15) is 0 Å². The number of fused-ring (bicyclic) bond motifs is 1. The monoisotopic (exact) mass is 311 g/mol. The molecule has 6 nitrogen and oxygen atoms in total. The van der Waals surface area contributed by atoms with Crippen molar-refractivity contribution < 1.29 is 14.3 Å². The van der Waals surface area contributed by atoms with E-state index in [2.05, 4.69) is 10.3 Å². The van der Waals surface area contributed by atoms with Crippen molar-refractivity contribution in [3.05, 3.63) is 10.6 Å². The first-order valence-electron chi connectivity index (χ1n) is 7.05. The standard InChI is InChI=1S/C14H21N3O3S/c1-4-20-11(18)8-5-6-9-10(8)17-13(21-9)16-7-14(2,3)12(15)19/h8H,4-7H2,1-3H3,(H2,15,19)(H,16,17). The molecule has 1 aliphatic rings. The Balaban J connectivity index is 2.05. The van der Waals surface area contributed by atoms with Crippen LogP contribution < -0.4 is 11.1 Å². The minimum atomic E-state index is -0.642. The Morgan fingerprint density at radius 1 is 1.52 bits per heavy atom. The van der Waals surface area contributed by atoms with Crippen molar-refractivity contribution in [1.29, 1.82) is 0 Å². The highest BCUT2D eigenvalue weighted by Crippen LogP contribution is 2.39. The molecular formula is C14H21N3O3S. The van der Waals surface area contributed by atoms with Crippen LogP contribution >= 0.6 is 11.3 Å². The zero-order chi connectivity index (χ0) is 15.6. The maximum Gasteiger partial charge on any atom is 0.315 e. The summed E-state index contributed by atoms with van der Waals surface area (Å²) >= 11 is 1.53. The van der Waals surface area contributed by atoms with E-state index in [4.69, 9.17) is 10.5 Å². The number of nitrogens with zero attached hydrogens (tertiary/aromatic N) is 1. The number of ether oxygens (including phenoxy) is 1. The van der Waals surface area contributed by atoms with E-state index in [1.165, 1.54) is 11.3 Å². The van der Waals surface area contributed by atoms with Gasteiger partial charge in [-0.25, -0.2) is 4.98 Å². The van der Waals surface area contributed by atoms with Crippen LogP contribution in [-0.4, -0.2) is 30.0 Å². The molecule has 3 N–H and O–H groups in total. The van der Waals surface area contributed by atoms with Crippen LogP contribution in [0.15, 0.2) is 0 Å². The third-order valence-corrected chi connectivity index (χ3v) is 4.73. The largest absolute Gasteiger partial charge is 0.465 e. The van der Waals surface area contributed by atoms with Crippen LogP contribution in [-0.2, 0) is 20.7 Å². The summed E-state index contributed by atoms with van der Waals surface area (Å²) in [7, 11) is 0. The molecule has 0 bridgehead atoms. The van der Waals surface area contributed by atoms with E-state index in [0.29, 0.717) is 13.2 Å². The molecule has 1 amide bonds. The Bertz CT molecular complexity index is 554. The average molecular weight is 311 g/mol. The number of amides is 1. The van der Waals surface area contributed by atoms with Gasteiger partial charge in [0.15, 0.2) is 5.13 Å². The second-order valence-corrected chi connectivity index (χ2v) is 6.86. The smallest absolute Gasteiger partial charge is 0.315 e. The number of primary amides is 1. The Morgan fingerprint density at radius 2 is 2.24 bits per heavy atom. The predicted molar refractivity (Wildman–Crippen MR) is 81.3 cm³/mol. The fraction of sp³-hybridized carbons (Fsp3) is 0.643. The van der Waals surface area contributed by atoms with Crippen LogP contribution in [0.4, 0.5) is 5.13 Å². The van der Waals surface area contributed by atoms with Crippen LogP contribution in [0.3, 0.4) is 0 Å². The second kappa shape index (κ2) is 6.01. The van der Waals surface area contributed by atoms with Crippen LogP contribution in [0.2, 0.25) is 0 Å². The fourth-order valence-electron chi connectivity index (χ4n) is 2.16. The molecule has 0 aromatic carbocycles. The van der Waals surface area contributed by atoms with Gasteiger partial charge >= 0.3 is 5.97 Å². The summed E-state index contributed by atoms with van der Waals surface area (Å²) in [6, 6.07) is 0. The van der Waals surface area contributed by atoms with E-state index >= 15 is 0 Å². The number of esters is 1. The van der Waals surface area contributed by atoms with E-state index in [1.54, 1.807) is 20.8 Å². The molecule has 0 radical (unpaired) electrons. The van der Waals surface area contributed by atoms with Gasteiger partial charge in [-0.1, -0.05) is 0 Å². The topological polar surface area (TPSA) is 94.3 Å². The molecule has 7 heteroatoms. The summed E-state index contributed by atoms with van der Waals surface area (Å²) in [5, 5.41) is 3.87. The Kier molecular flexibility index (Phi) is 4.51. The molecule has 1 heterocycles. The summed E-state index contributed by atoms with van der Waals surface area (Å²) in [6.45, 7) is 6.16. The van der Waals surface area contributed by atoms with E-state index < -0.39 is 5.41 Å². The molecule has 1 aromatic heterocycles. The van der Waals surface area contributed by atoms with Gasteiger partial charge in [0, 0.05) is 11.4 Å². The zero-order valence-corrected chi connectivity index (χ0v) is 13.4. The summed E-state index contributed by atoms with van der Waals surface area (Å²) < 4.78 is 5.08. The number of anilines is 1. The number of carbonyl (C=O) groups is 2. The summed E-state index contributed by atoms with van der Waals surface area (Å²) in [5.41, 5.74) is 5.52. The Labute approximate surface area is 128 Å². The molecular weight excluding hydrogens is 290 g/mol. The van der Waals surface area contributed by atoms with Crippen LogP contribution in [0, 0.1) is 5.41 Å². The number of aromatic nitrogens is 1. The maximum atomic E-state index is 11.9. The normalized spacial score (nSPS) is 17.4. The van der Waals surface area contributed by atoms with Crippen LogP contribution in [0.25, 0.3) is 0 Å². The van der Waals surface area contributed by atoms with E-state index in [0.717, 1.165) is 28.5 Å². The van der Waals surface area contributed by atoms with E-state index in [9.17, 15) is 9.59 Å². The van der Waals surface area contributed by atoms with Gasteiger partial charge in [-0.3, -0.25) is 9.59 Å². The van der Waals surface area contributed by atoms with Gasteiger partial charge in [-0.05, 0) is 33.6 Å². The van der Waals surface area contributed by atoms with Crippen molar-refractivity contribution in [2.45, 2.75) is 39.5 Å². The van der Waals surface area contributed by atoms with Gasteiger partial charge in [0.1, 0.15) is 5.92 Å². The fourth-order valence-corrected chi connectivity index (χ4v) is 3.19. The molecule has 0 saturated heterocycles. The maximum absolute atomic E-state index is 11.9. The number of hydrogen-bond donors (Lipinski definition) is 2. The number of carbonyl (C=O) groups excluding carboxylic acids is 2. The Morgan fingerprint density at radius 3 is 2.86 bits per heavy atom. The predicted octanol–water partition coefficient (Wildman–Crippen LogP) is 1.66. The van der Waals surface area contributed by atoms with Gasteiger partial charge < -0.3 is 15.8 Å². The number of aryl methyl sites for hydroxylation is 1. The average Bonchev–Trinajstić information content (AvgIpc) is 2.95. The van der Waals surface area contributed by atoms with Crippen molar-refractivity contribution >= 4 is 28.3 Å². The number of thiazole rings is 1. The summed E-state index contributed by atoms with van der Waals surface area (Å²) in [5.74, 6) is -0.815. The highest BCUT2D eigenvalue weighted by Gasteiger charge is 2.34. The third-order valence-electron chi connectivity index (χ3n) is 3.64. The molecule has 1 aliphatic carbocycles. The first-order chi connectivity index (χ1) is 9.85. The number of nitrogens with one attached hydrogen (secondary N) is 1. The molecule has 1 atom stereocenters. The van der Waals surface area contributed by atoms with Crippen LogP contribution in [0.5, 0.6) is 0 Å². The second-order valence-electron chi connectivity index (χ2n) is 5.77. The van der Waals surface area contributed by atoms with Crippen molar-refractivity contribution in [1.82, 2.24) is 4.98 Å². The van der Waals surface area contributed by atoms with E-state index in [1.807, 2.05) is 0 Å². The Hall–Kier alpha value is -1.63. The molecule has 0 saturated carbocycles. The quantitative estimate of drug-likeness (QED) is 0.779. The molecule has 1 unspecified atom stereocenters. The third kappa shape index (κ3) is 3.34. The minimum absolute atomic E-state index is 0.203. The first kappa shape index (κ1) is 15.8. The molecule has 0 aliphatic heterocycles.